The number of carbonyl (C=O) groups excluding carboxylic acids is 2. The Hall–Kier alpha value is -2.89. The average Bonchev–Trinajstić information content (AvgIpc) is 2.60. The quantitative estimate of drug-likeness (QED) is 0.736. The minimum atomic E-state index is -0.430. The van der Waals surface area contributed by atoms with Gasteiger partial charge in [0.05, 0.1) is 13.2 Å². The van der Waals surface area contributed by atoms with Gasteiger partial charge in [-0.15, -0.1) is 0 Å². The third-order valence-electron chi connectivity index (χ3n) is 3.74. The fourth-order valence-electron chi connectivity index (χ4n) is 2.31. The summed E-state index contributed by atoms with van der Waals surface area (Å²) in [5.74, 6) is -0.180. The van der Waals surface area contributed by atoms with Gasteiger partial charge in [-0.1, -0.05) is 23.8 Å². The molecule has 2 aromatic carbocycles. The summed E-state index contributed by atoms with van der Waals surface area (Å²) in [4.78, 5) is 25.3. The molecule has 0 unspecified atom stereocenters. The molecular formula is C20H23FN2O3. The second-order valence-electron chi connectivity index (χ2n) is 6.07. The first kappa shape index (κ1) is 19.4. The molecule has 0 bridgehead atoms. The molecule has 138 valence electrons. The number of rotatable bonds is 8. The molecule has 0 spiro atoms. The zero-order valence-electron chi connectivity index (χ0n) is 15.0. The predicted molar refractivity (Wildman–Crippen MR) is 98.6 cm³/mol. The van der Waals surface area contributed by atoms with Crippen LogP contribution in [-0.2, 0) is 9.59 Å². The predicted octanol–water partition coefficient (Wildman–Crippen LogP) is 3.39. The Kier molecular flexibility index (Phi) is 7.14. The number of anilines is 1. The number of aryl methyl sites for hydroxylation is 1. The Morgan fingerprint density at radius 1 is 1.15 bits per heavy atom. The lowest BCUT2D eigenvalue weighted by Gasteiger charge is -2.17. The van der Waals surface area contributed by atoms with Crippen molar-refractivity contribution in [2.24, 2.45) is 0 Å². The number of nitrogens with zero attached hydrogens (tertiary/aromatic N) is 1. The normalized spacial score (nSPS) is 10.3. The van der Waals surface area contributed by atoms with Crippen molar-refractivity contribution in [1.82, 2.24) is 4.90 Å². The van der Waals surface area contributed by atoms with Gasteiger partial charge in [-0.05, 0) is 43.7 Å². The van der Waals surface area contributed by atoms with Gasteiger partial charge in [0.1, 0.15) is 11.6 Å². The highest BCUT2D eigenvalue weighted by Gasteiger charge is 2.13. The summed E-state index contributed by atoms with van der Waals surface area (Å²) >= 11 is 0. The van der Waals surface area contributed by atoms with Gasteiger partial charge in [-0.25, -0.2) is 4.39 Å². The van der Waals surface area contributed by atoms with E-state index in [-0.39, 0.29) is 24.8 Å². The van der Waals surface area contributed by atoms with Crippen molar-refractivity contribution < 1.29 is 18.7 Å². The first-order valence-corrected chi connectivity index (χ1v) is 8.43. The van der Waals surface area contributed by atoms with Crippen LogP contribution in [0.4, 0.5) is 10.1 Å². The molecule has 0 aliphatic heterocycles. The van der Waals surface area contributed by atoms with E-state index >= 15 is 0 Å². The number of ether oxygens (including phenoxy) is 1. The molecule has 0 saturated heterocycles. The highest BCUT2D eigenvalue weighted by atomic mass is 19.1. The highest BCUT2D eigenvalue weighted by Crippen LogP contribution is 2.12. The van der Waals surface area contributed by atoms with Gasteiger partial charge >= 0.3 is 0 Å². The van der Waals surface area contributed by atoms with Crippen LogP contribution < -0.4 is 10.1 Å². The van der Waals surface area contributed by atoms with Crippen molar-refractivity contribution in [2.75, 3.05) is 25.5 Å². The monoisotopic (exact) mass is 358 g/mol. The van der Waals surface area contributed by atoms with Gasteiger partial charge < -0.3 is 15.0 Å². The van der Waals surface area contributed by atoms with E-state index in [1.807, 2.05) is 31.2 Å². The molecule has 2 amide bonds. The SMILES string of the molecule is Cc1ccc(OCCCC(=O)N(C)CC(=O)Nc2cccc(F)c2)cc1. The molecule has 0 aliphatic rings. The van der Waals surface area contributed by atoms with E-state index in [0.29, 0.717) is 18.7 Å². The number of amides is 2. The largest absolute Gasteiger partial charge is 0.494 e. The maximum atomic E-state index is 13.1. The van der Waals surface area contributed by atoms with Crippen LogP contribution in [0, 0.1) is 12.7 Å². The second kappa shape index (κ2) is 9.56. The molecule has 5 nitrogen and oxygen atoms in total. The molecule has 0 fully saturated rings. The van der Waals surface area contributed by atoms with Crippen molar-refractivity contribution in [3.05, 3.63) is 59.9 Å². The minimum Gasteiger partial charge on any atom is -0.494 e. The van der Waals surface area contributed by atoms with Crippen molar-refractivity contribution >= 4 is 17.5 Å². The zero-order chi connectivity index (χ0) is 18.9. The molecule has 2 aromatic rings. The Morgan fingerprint density at radius 2 is 1.88 bits per heavy atom. The topological polar surface area (TPSA) is 58.6 Å². The summed E-state index contributed by atoms with van der Waals surface area (Å²) in [5, 5.41) is 2.56. The third kappa shape index (κ3) is 6.55. The molecule has 0 radical (unpaired) electrons. The van der Waals surface area contributed by atoms with Crippen molar-refractivity contribution in [3.8, 4) is 5.75 Å². The summed E-state index contributed by atoms with van der Waals surface area (Å²) in [6, 6.07) is 13.3. The lowest BCUT2D eigenvalue weighted by atomic mass is 10.2. The molecular weight excluding hydrogens is 335 g/mol. The van der Waals surface area contributed by atoms with Crippen molar-refractivity contribution in [3.63, 3.8) is 0 Å². The van der Waals surface area contributed by atoms with E-state index < -0.39 is 5.82 Å². The fourth-order valence-corrected chi connectivity index (χ4v) is 2.31. The molecule has 26 heavy (non-hydrogen) atoms. The lowest BCUT2D eigenvalue weighted by molar-refractivity contribution is -0.133. The van der Waals surface area contributed by atoms with Gasteiger partial charge in [0.2, 0.25) is 11.8 Å². The summed E-state index contributed by atoms with van der Waals surface area (Å²) in [7, 11) is 1.56. The van der Waals surface area contributed by atoms with Crippen LogP contribution in [0.2, 0.25) is 0 Å². The standard InChI is InChI=1S/C20H23FN2O3/c1-15-8-10-18(11-9-15)26-12-4-7-20(25)23(2)14-19(24)22-17-6-3-5-16(21)13-17/h3,5-6,8-11,13H,4,7,12,14H2,1-2H3,(H,22,24). The van der Waals surface area contributed by atoms with Crippen molar-refractivity contribution in [1.29, 1.82) is 0 Å². The van der Waals surface area contributed by atoms with Crippen LogP contribution >= 0.6 is 0 Å². The van der Waals surface area contributed by atoms with Gasteiger partial charge in [0.25, 0.3) is 0 Å². The van der Waals surface area contributed by atoms with E-state index in [2.05, 4.69) is 5.32 Å². The van der Waals surface area contributed by atoms with E-state index in [9.17, 15) is 14.0 Å². The number of hydrogen-bond donors (Lipinski definition) is 1. The Balaban J connectivity index is 1.68. The molecule has 0 aromatic heterocycles. The first-order valence-electron chi connectivity index (χ1n) is 8.43. The molecule has 2 rings (SSSR count). The van der Waals surface area contributed by atoms with E-state index in [1.54, 1.807) is 13.1 Å². The summed E-state index contributed by atoms with van der Waals surface area (Å²) in [6.07, 6.45) is 0.845. The number of nitrogens with one attached hydrogen (secondary N) is 1. The van der Waals surface area contributed by atoms with Gasteiger partial charge in [-0.2, -0.15) is 0 Å². The maximum Gasteiger partial charge on any atom is 0.243 e. The summed E-state index contributed by atoms with van der Waals surface area (Å²) in [5.41, 5.74) is 1.52. The molecule has 0 saturated carbocycles. The van der Waals surface area contributed by atoms with Gasteiger partial charge in [0, 0.05) is 19.2 Å². The summed E-state index contributed by atoms with van der Waals surface area (Å²) < 4.78 is 18.7. The Morgan fingerprint density at radius 3 is 2.58 bits per heavy atom. The van der Waals surface area contributed by atoms with Crippen LogP contribution in [0.5, 0.6) is 5.75 Å². The van der Waals surface area contributed by atoms with E-state index in [0.717, 1.165) is 11.3 Å². The van der Waals surface area contributed by atoms with Crippen LogP contribution in [0.3, 0.4) is 0 Å². The number of carbonyl (C=O) groups is 2. The van der Waals surface area contributed by atoms with Crippen LogP contribution in [0.1, 0.15) is 18.4 Å². The number of hydrogen-bond acceptors (Lipinski definition) is 3. The molecule has 0 aliphatic carbocycles. The molecule has 1 N–H and O–H groups in total. The number of benzene rings is 2. The third-order valence-corrected chi connectivity index (χ3v) is 3.74. The lowest BCUT2D eigenvalue weighted by Crippen LogP contribution is -2.35. The fraction of sp³-hybridized carbons (Fsp3) is 0.300. The highest BCUT2D eigenvalue weighted by molar-refractivity contribution is 5.94. The molecule has 6 heteroatoms. The Labute approximate surface area is 152 Å². The van der Waals surface area contributed by atoms with Crippen molar-refractivity contribution in [2.45, 2.75) is 19.8 Å². The van der Waals surface area contributed by atoms with Gasteiger partial charge in [-0.3, -0.25) is 9.59 Å². The van der Waals surface area contributed by atoms with Crippen LogP contribution in [-0.4, -0.2) is 36.9 Å². The number of likely N-dealkylation sites (N-methyl/N-ethyl adjacent to an activating group) is 1. The zero-order valence-corrected chi connectivity index (χ0v) is 15.0. The number of halogens is 1. The van der Waals surface area contributed by atoms with E-state index in [1.165, 1.54) is 23.1 Å². The second-order valence-corrected chi connectivity index (χ2v) is 6.07. The minimum absolute atomic E-state index is 0.0891. The van der Waals surface area contributed by atoms with Crippen LogP contribution in [0.15, 0.2) is 48.5 Å². The molecule has 0 heterocycles. The maximum absolute atomic E-state index is 13.1. The smallest absolute Gasteiger partial charge is 0.243 e. The van der Waals surface area contributed by atoms with Gasteiger partial charge in [0.15, 0.2) is 0 Å². The first-order chi connectivity index (χ1) is 12.4. The average molecular weight is 358 g/mol. The Bertz CT molecular complexity index is 747. The molecule has 0 atom stereocenters. The van der Waals surface area contributed by atoms with Crippen LogP contribution in [0.25, 0.3) is 0 Å². The summed E-state index contributed by atoms with van der Waals surface area (Å²) in [6.45, 7) is 2.34. The van der Waals surface area contributed by atoms with E-state index in [4.69, 9.17) is 4.74 Å².